The maximum Gasteiger partial charge on any atom is 0.138 e. The molecule has 0 aliphatic rings. The van der Waals surface area contributed by atoms with E-state index in [1.54, 1.807) is 0 Å². The molecule has 0 aliphatic carbocycles. The summed E-state index contributed by atoms with van der Waals surface area (Å²) in [6.07, 6.45) is 0. The monoisotopic (exact) mass is 211 g/mol. The van der Waals surface area contributed by atoms with E-state index < -0.39 is 0 Å². The third kappa shape index (κ3) is 3.32. The summed E-state index contributed by atoms with van der Waals surface area (Å²) in [5.74, 6) is 0.914. The van der Waals surface area contributed by atoms with Crippen LogP contribution in [0.4, 0.5) is 0 Å². The maximum absolute atomic E-state index is 5.10. The molecular formula is C11H21N3O. The molecule has 1 unspecified atom stereocenters. The van der Waals surface area contributed by atoms with E-state index in [1.165, 1.54) is 5.56 Å². The lowest BCUT2D eigenvalue weighted by atomic mass is 10.2. The SMILES string of the molecule is Cc1noc(C)c1CNCC(C)N(C)C. The molecular weight excluding hydrogens is 190 g/mol. The molecule has 1 N–H and O–H groups in total. The van der Waals surface area contributed by atoms with Crippen LogP contribution in [0.1, 0.15) is 23.9 Å². The third-order valence-corrected chi connectivity index (χ3v) is 2.80. The smallest absolute Gasteiger partial charge is 0.138 e. The van der Waals surface area contributed by atoms with Crippen molar-refractivity contribution >= 4 is 0 Å². The number of nitrogens with one attached hydrogen (secondary N) is 1. The first kappa shape index (κ1) is 12.2. The van der Waals surface area contributed by atoms with E-state index in [-0.39, 0.29) is 0 Å². The Kier molecular flexibility index (Phi) is 4.29. The van der Waals surface area contributed by atoms with Gasteiger partial charge in [0.05, 0.1) is 5.69 Å². The quantitative estimate of drug-likeness (QED) is 0.798. The summed E-state index contributed by atoms with van der Waals surface area (Å²) < 4.78 is 5.10. The molecule has 0 spiro atoms. The summed E-state index contributed by atoms with van der Waals surface area (Å²) in [4.78, 5) is 2.19. The van der Waals surface area contributed by atoms with Gasteiger partial charge in [-0.3, -0.25) is 0 Å². The third-order valence-electron chi connectivity index (χ3n) is 2.80. The second kappa shape index (κ2) is 5.28. The van der Waals surface area contributed by atoms with Crippen molar-refractivity contribution in [2.45, 2.75) is 33.4 Å². The predicted molar refractivity (Wildman–Crippen MR) is 60.8 cm³/mol. The van der Waals surface area contributed by atoms with Crippen LogP contribution in [0.3, 0.4) is 0 Å². The molecule has 4 heteroatoms. The van der Waals surface area contributed by atoms with E-state index in [0.717, 1.165) is 24.5 Å². The van der Waals surface area contributed by atoms with Crippen molar-refractivity contribution < 1.29 is 4.52 Å². The van der Waals surface area contributed by atoms with Crippen LogP contribution >= 0.6 is 0 Å². The van der Waals surface area contributed by atoms with Gasteiger partial charge in [0.15, 0.2) is 0 Å². The lowest BCUT2D eigenvalue weighted by Gasteiger charge is -2.19. The number of hydrogen-bond acceptors (Lipinski definition) is 4. The van der Waals surface area contributed by atoms with Crippen LogP contribution < -0.4 is 5.32 Å². The van der Waals surface area contributed by atoms with E-state index in [2.05, 4.69) is 36.4 Å². The zero-order valence-electron chi connectivity index (χ0n) is 10.3. The Hall–Kier alpha value is -0.870. The summed E-state index contributed by atoms with van der Waals surface area (Å²) in [5, 5.41) is 7.33. The van der Waals surface area contributed by atoms with Gasteiger partial charge >= 0.3 is 0 Å². The Labute approximate surface area is 91.6 Å². The molecule has 0 fully saturated rings. The van der Waals surface area contributed by atoms with Gasteiger partial charge in [-0.1, -0.05) is 5.16 Å². The fraction of sp³-hybridized carbons (Fsp3) is 0.727. The summed E-state index contributed by atoms with van der Waals surface area (Å²) in [7, 11) is 4.17. The van der Waals surface area contributed by atoms with Crippen LogP contribution in [0.2, 0.25) is 0 Å². The second-order valence-corrected chi connectivity index (χ2v) is 4.25. The predicted octanol–water partition coefficient (Wildman–Crippen LogP) is 1.33. The van der Waals surface area contributed by atoms with Crippen molar-refractivity contribution in [3.05, 3.63) is 17.0 Å². The highest BCUT2D eigenvalue weighted by Crippen LogP contribution is 2.11. The molecule has 86 valence electrons. The summed E-state index contributed by atoms with van der Waals surface area (Å²) in [6.45, 7) is 7.92. The molecule has 4 nitrogen and oxygen atoms in total. The molecule has 0 bridgehead atoms. The van der Waals surface area contributed by atoms with Crippen molar-refractivity contribution in [2.24, 2.45) is 0 Å². The van der Waals surface area contributed by atoms with Crippen LogP contribution in [0, 0.1) is 13.8 Å². The summed E-state index contributed by atoms with van der Waals surface area (Å²) in [5.41, 5.74) is 2.17. The molecule has 0 radical (unpaired) electrons. The number of nitrogens with zero attached hydrogens (tertiary/aromatic N) is 2. The van der Waals surface area contributed by atoms with Crippen LogP contribution in [0.25, 0.3) is 0 Å². The van der Waals surface area contributed by atoms with E-state index in [0.29, 0.717) is 6.04 Å². The highest BCUT2D eigenvalue weighted by molar-refractivity contribution is 5.20. The molecule has 1 rings (SSSR count). The van der Waals surface area contributed by atoms with Gasteiger partial charge in [-0.25, -0.2) is 0 Å². The molecule has 15 heavy (non-hydrogen) atoms. The minimum absolute atomic E-state index is 0.533. The van der Waals surface area contributed by atoms with E-state index in [4.69, 9.17) is 4.52 Å². The lowest BCUT2D eigenvalue weighted by molar-refractivity contribution is 0.302. The van der Waals surface area contributed by atoms with Gasteiger partial charge in [-0.05, 0) is 34.9 Å². The Bertz CT molecular complexity index is 287. The van der Waals surface area contributed by atoms with Gasteiger partial charge in [-0.2, -0.15) is 0 Å². The standard InChI is InChI=1S/C11H21N3O/c1-8(14(4)5)6-12-7-11-9(2)13-15-10(11)3/h8,12H,6-7H2,1-5H3. The first-order valence-corrected chi connectivity index (χ1v) is 5.31. The van der Waals surface area contributed by atoms with Crippen LogP contribution in [-0.4, -0.2) is 36.7 Å². The van der Waals surface area contributed by atoms with Gasteiger partial charge in [0.25, 0.3) is 0 Å². The van der Waals surface area contributed by atoms with Gasteiger partial charge < -0.3 is 14.7 Å². The molecule has 1 aromatic rings. The van der Waals surface area contributed by atoms with Crippen molar-refractivity contribution in [1.29, 1.82) is 0 Å². The fourth-order valence-corrected chi connectivity index (χ4v) is 1.34. The van der Waals surface area contributed by atoms with Gasteiger partial charge in [0.1, 0.15) is 5.76 Å². The number of rotatable bonds is 5. The Balaban J connectivity index is 2.38. The van der Waals surface area contributed by atoms with E-state index >= 15 is 0 Å². The molecule has 0 saturated heterocycles. The average molecular weight is 211 g/mol. The van der Waals surface area contributed by atoms with E-state index in [9.17, 15) is 0 Å². The normalized spacial score (nSPS) is 13.5. The Morgan fingerprint density at radius 3 is 2.53 bits per heavy atom. The summed E-state index contributed by atoms with van der Waals surface area (Å²) in [6, 6.07) is 0.533. The maximum atomic E-state index is 5.10. The Morgan fingerprint density at radius 2 is 2.07 bits per heavy atom. The van der Waals surface area contributed by atoms with Crippen molar-refractivity contribution in [3.8, 4) is 0 Å². The average Bonchev–Trinajstić information content (AvgIpc) is 2.48. The second-order valence-electron chi connectivity index (χ2n) is 4.25. The molecule has 1 aromatic heterocycles. The minimum Gasteiger partial charge on any atom is -0.361 e. The minimum atomic E-state index is 0.533. The van der Waals surface area contributed by atoms with Gasteiger partial charge in [0.2, 0.25) is 0 Å². The zero-order chi connectivity index (χ0) is 11.4. The first-order chi connectivity index (χ1) is 7.02. The van der Waals surface area contributed by atoms with Crippen LogP contribution in [0.15, 0.2) is 4.52 Å². The van der Waals surface area contributed by atoms with Crippen molar-refractivity contribution in [3.63, 3.8) is 0 Å². The first-order valence-electron chi connectivity index (χ1n) is 5.31. The zero-order valence-corrected chi connectivity index (χ0v) is 10.3. The van der Waals surface area contributed by atoms with Crippen molar-refractivity contribution in [1.82, 2.24) is 15.4 Å². The fourth-order valence-electron chi connectivity index (χ4n) is 1.34. The number of aryl methyl sites for hydroxylation is 2. The summed E-state index contributed by atoms with van der Waals surface area (Å²) >= 11 is 0. The van der Waals surface area contributed by atoms with Crippen LogP contribution in [0.5, 0.6) is 0 Å². The van der Waals surface area contributed by atoms with Crippen molar-refractivity contribution in [2.75, 3.05) is 20.6 Å². The topological polar surface area (TPSA) is 41.3 Å². The largest absolute Gasteiger partial charge is 0.361 e. The van der Waals surface area contributed by atoms with Gasteiger partial charge in [-0.15, -0.1) is 0 Å². The molecule has 0 aromatic carbocycles. The van der Waals surface area contributed by atoms with E-state index in [1.807, 2.05) is 13.8 Å². The Morgan fingerprint density at radius 1 is 1.40 bits per heavy atom. The van der Waals surface area contributed by atoms with Gasteiger partial charge in [0, 0.05) is 24.7 Å². The highest BCUT2D eigenvalue weighted by atomic mass is 16.5. The highest BCUT2D eigenvalue weighted by Gasteiger charge is 2.09. The lowest BCUT2D eigenvalue weighted by Crippen LogP contribution is -2.35. The molecule has 1 atom stereocenters. The molecule has 1 heterocycles. The number of hydrogen-bond donors (Lipinski definition) is 1. The van der Waals surface area contributed by atoms with Crippen LogP contribution in [-0.2, 0) is 6.54 Å². The molecule has 0 amide bonds. The number of likely N-dealkylation sites (N-methyl/N-ethyl adjacent to an activating group) is 1. The molecule has 0 saturated carbocycles. The number of aromatic nitrogens is 1. The molecule has 0 aliphatic heterocycles.